The molecule has 0 bridgehead atoms. The summed E-state index contributed by atoms with van der Waals surface area (Å²) in [4.78, 5) is 2.38. The van der Waals surface area contributed by atoms with E-state index in [-0.39, 0.29) is 0 Å². The first kappa shape index (κ1) is 13.8. The number of anilines is 1. The topological polar surface area (TPSA) is 41.0 Å². The first-order valence-corrected chi connectivity index (χ1v) is 7.02. The van der Waals surface area contributed by atoms with Crippen LogP contribution in [0.2, 0.25) is 10.3 Å². The second kappa shape index (κ2) is 6.55. The fourth-order valence-electron chi connectivity index (χ4n) is 2.24. The number of rotatable bonds is 4. The van der Waals surface area contributed by atoms with Crippen molar-refractivity contribution in [3.8, 4) is 0 Å². The lowest BCUT2D eigenvalue weighted by Crippen LogP contribution is -2.30. The summed E-state index contributed by atoms with van der Waals surface area (Å²) < 4.78 is 0. The lowest BCUT2D eigenvalue weighted by molar-refractivity contribution is 0.215. The smallest absolute Gasteiger partial charge is 0.174 e. The Hall–Kier alpha value is -0.580. The molecule has 2 rings (SSSR count). The molecule has 0 amide bonds. The van der Waals surface area contributed by atoms with Crippen molar-refractivity contribution in [2.75, 3.05) is 32.0 Å². The predicted octanol–water partition coefficient (Wildman–Crippen LogP) is 2.93. The molecule has 1 saturated heterocycles. The van der Waals surface area contributed by atoms with Crippen molar-refractivity contribution in [1.29, 1.82) is 0 Å². The van der Waals surface area contributed by atoms with E-state index in [1.54, 1.807) is 6.07 Å². The van der Waals surface area contributed by atoms with Crippen LogP contribution in [0.15, 0.2) is 6.07 Å². The molecule has 0 spiro atoms. The van der Waals surface area contributed by atoms with Gasteiger partial charge in [-0.1, -0.05) is 23.2 Å². The van der Waals surface area contributed by atoms with Crippen LogP contribution in [-0.2, 0) is 0 Å². The molecule has 0 aliphatic carbocycles. The number of hydrogen-bond donors (Lipinski definition) is 1. The molecule has 1 N–H and O–H groups in total. The average molecular weight is 289 g/mol. The number of nitrogens with one attached hydrogen (secondary N) is 1. The maximum atomic E-state index is 5.94. The molecule has 1 aliphatic rings. The molecule has 1 aromatic rings. The first-order valence-electron chi connectivity index (χ1n) is 6.26. The minimum absolute atomic E-state index is 0.362. The van der Waals surface area contributed by atoms with Crippen LogP contribution in [0.5, 0.6) is 0 Å². The lowest BCUT2D eigenvalue weighted by Gasteiger charge is -2.28. The largest absolute Gasteiger partial charge is 0.382 e. The molecular weight excluding hydrogens is 271 g/mol. The lowest BCUT2D eigenvalue weighted by atomic mass is 9.94. The van der Waals surface area contributed by atoms with Crippen LogP contribution in [0.25, 0.3) is 0 Å². The minimum atomic E-state index is 0.362. The molecule has 1 fully saturated rings. The third-order valence-electron chi connectivity index (χ3n) is 3.43. The van der Waals surface area contributed by atoms with Gasteiger partial charge in [0.1, 0.15) is 0 Å². The molecule has 4 nitrogen and oxygen atoms in total. The number of hydrogen-bond acceptors (Lipinski definition) is 4. The number of piperidine rings is 1. The molecular formula is C12H18Cl2N4. The monoisotopic (exact) mass is 288 g/mol. The number of likely N-dealkylation sites (tertiary alicyclic amines) is 1. The molecule has 0 aromatic carbocycles. The van der Waals surface area contributed by atoms with Crippen molar-refractivity contribution in [1.82, 2.24) is 15.1 Å². The summed E-state index contributed by atoms with van der Waals surface area (Å²) >= 11 is 11.7. The maximum absolute atomic E-state index is 5.94. The summed E-state index contributed by atoms with van der Waals surface area (Å²) in [5.41, 5.74) is 0.768. The standard InChI is InChI=1S/C12H18Cl2N4/c1-18-6-3-9(4-7-18)2-5-15-10-8-11(13)16-17-12(10)14/h8-9H,2-7H2,1H3,(H,15,16). The van der Waals surface area contributed by atoms with E-state index >= 15 is 0 Å². The van der Waals surface area contributed by atoms with E-state index in [9.17, 15) is 0 Å². The normalized spacial score (nSPS) is 17.9. The number of nitrogens with zero attached hydrogens (tertiary/aromatic N) is 3. The fraction of sp³-hybridized carbons (Fsp3) is 0.667. The Kier molecular flexibility index (Phi) is 5.03. The highest BCUT2D eigenvalue weighted by atomic mass is 35.5. The molecule has 100 valence electrons. The van der Waals surface area contributed by atoms with E-state index in [0.717, 1.165) is 24.6 Å². The summed E-state index contributed by atoms with van der Waals surface area (Å²) in [5, 5.41) is 11.5. The van der Waals surface area contributed by atoms with Crippen LogP contribution >= 0.6 is 23.2 Å². The number of aromatic nitrogens is 2. The first-order chi connectivity index (χ1) is 8.65. The van der Waals surface area contributed by atoms with Gasteiger partial charge >= 0.3 is 0 Å². The van der Waals surface area contributed by atoms with Crippen molar-refractivity contribution in [2.45, 2.75) is 19.3 Å². The van der Waals surface area contributed by atoms with Crippen LogP contribution in [0.1, 0.15) is 19.3 Å². The van der Waals surface area contributed by atoms with Crippen molar-refractivity contribution in [2.24, 2.45) is 5.92 Å². The zero-order chi connectivity index (χ0) is 13.0. The van der Waals surface area contributed by atoms with Gasteiger partial charge in [0, 0.05) is 12.6 Å². The quantitative estimate of drug-likeness (QED) is 0.925. The van der Waals surface area contributed by atoms with Crippen molar-refractivity contribution in [3.05, 3.63) is 16.4 Å². The molecule has 0 radical (unpaired) electrons. The molecule has 1 aromatic heterocycles. The van der Waals surface area contributed by atoms with E-state index < -0.39 is 0 Å². The van der Waals surface area contributed by atoms with Gasteiger partial charge in [0.2, 0.25) is 0 Å². The summed E-state index contributed by atoms with van der Waals surface area (Å²) in [5.74, 6) is 0.803. The molecule has 18 heavy (non-hydrogen) atoms. The van der Waals surface area contributed by atoms with Crippen LogP contribution in [0.4, 0.5) is 5.69 Å². The third kappa shape index (κ3) is 3.97. The Balaban J connectivity index is 1.76. The third-order valence-corrected chi connectivity index (χ3v) is 3.89. The van der Waals surface area contributed by atoms with Gasteiger partial charge in [-0.25, -0.2) is 0 Å². The van der Waals surface area contributed by atoms with Crippen molar-refractivity contribution >= 4 is 28.9 Å². The summed E-state index contributed by atoms with van der Waals surface area (Å²) in [6.45, 7) is 3.30. The van der Waals surface area contributed by atoms with Gasteiger partial charge < -0.3 is 10.2 Å². The summed E-state index contributed by atoms with van der Waals surface area (Å²) in [6.07, 6.45) is 3.71. The van der Waals surface area contributed by atoms with Crippen LogP contribution in [0, 0.1) is 5.92 Å². The fourth-order valence-corrected chi connectivity index (χ4v) is 2.54. The summed E-state index contributed by atoms with van der Waals surface area (Å²) in [7, 11) is 2.18. The highest BCUT2D eigenvalue weighted by molar-refractivity contribution is 6.33. The Morgan fingerprint density at radius 3 is 2.78 bits per heavy atom. The highest BCUT2D eigenvalue weighted by Gasteiger charge is 2.16. The van der Waals surface area contributed by atoms with E-state index in [0.29, 0.717) is 10.3 Å². The highest BCUT2D eigenvalue weighted by Crippen LogP contribution is 2.23. The zero-order valence-electron chi connectivity index (χ0n) is 10.5. The minimum Gasteiger partial charge on any atom is -0.382 e. The Morgan fingerprint density at radius 2 is 2.06 bits per heavy atom. The molecule has 1 aliphatic heterocycles. The molecule has 2 heterocycles. The van der Waals surface area contributed by atoms with Crippen LogP contribution < -0.4 is 5.32 Å². The van der Waals surface area contributed by atoms with Crippen LogP contribution in [-0.4, -0.2) is 41.8 Å². The Labute approximate surface area is 118 Å². The second-order valence-electron chi connectivity index (χ2n) is 4.83. The number of halogens is 2. The molecule has 6 heteroatoms. The predicted molar refractivity (Wildman–Crippen MR) is 75.4 cm³/mol. The molecule has 0 atom stereocenters. The van der Waals surface area contributed by atoms with E-state index in [2.05, 4.69) is 27.5 Å². The van der Waals surface area contributed by atoms with Gasteiger partial charge in [0.05, 0.1) is 5.69 Å². The van der Waals surface area contributed by atoms with Crippen molar-refractivity contribution in [3.63, 3.8) is 0 Å². The molecule has 0 unspecified atom stereocenters. The van der Waals surface area contributed by atoms with Gasteiger partial charge in [0.25, 0.3) is 0 Å². The van der Waals surface area contributed by atoms with Gasteiger partial charge in [-0.3, -0.25) is 0 Å². The molecule has 0 saturated carbocycles. The van der Waals surface area contributed by atoms with Gasteiger partial charge in [-0.05, 0) is 45.3 Å². The van der Waals surface area contributed by atoms with E-state index in [4.69, 9.17) is 23.2 Å². The van der Waals surface area contributed by atoms with Crippen LogP contribution in [0.3, 0.4) is 0 Å². The average Bonchev–Trinajstić information content (AvgIpc) is 2.36. The van der Waals surface area contributed by atoms with Gasteiger partial charge in [-0.15, -0.1) is 10.2 Å². The van der Waals surface area contributed by atoms with E-state index in [1.807, 2.05) is 0 Å². The van der Waals surface area contributed by atoms with Gasteiger partial charge in [-0.2, -0.15) is 0 Å². The Bertz CT molecular complexity index is 392. The van der Waals surface area contributed by atoms with E-state index in [1.165, 1.54) is 25.9 Å². The van der Waals surface area contributed by atoms with Gasteiger partial charge in [0.15, 0.2) is 10.3 Å². The zero-order valence-corrected chi connectivity index (χ0v) is 12.0. The Morgan fingerprint density at radius 1 is 1.33 bits per heavy atom. The SMILES string of the molecule is CN1CCC(CCNc2cc(Cl)nnc2Cl)CC1. The second-order valence-corrected chi connectivity index (χ2v) is 5.58. The summed E-state index contributed by atoms with van der Waals surface area (Å²) in [6, 6.07) is 1.71. The maximum Gasteiger partial charge on any atom is 0.174 e. The van der Waals surface area contributed by atoms with Crippen molar-refractivity contribution < 1.29 is 0 Å².